The lowest BCUT2D eigenvalue weighted by Crippen LogP contribution is -2.47. The third-order valence-corrected chi connectivity index (χ3v) is 12.7. The highest BCUT2D eigenvalue weighted by Gasteiger charge is 2.38. The Morgan fingerprint density at radius 1 is 0.792 bits per heavy atom. The third kappa shape index (κ3) is 13.4. The number of fused-ring (bicyclic) bond motifs is 2. The summed E-state index contributed by atoms with van der Waals surface area (Å²) in [5.41, 5.74) is 0.735. The van der Waals surface area contributed by atoms with Crippen molar-refractivity contribution in [3.05, 3.63) is 113 Å². The van der Waals surface area contributed by atoms with Gasteiger partial charge in [0.25, 0.3) is 5.91 Å². The molecule has 0 spiro atoms. The molecule has 8 rings (SSSR count). The van der Waals surface area contributed by atoms with Gasteiger partial charge in [0, 0.05) is 80.3 Å². The molecule has 6 N–H and O–H groups in total. The van der Waals surface area contributed by atoms with Gasteiger partial charge in [-0.2, -0.15) is 28.4 Å². The number of methoxy groups -OCH3 is 1. The normalized spacial score (nSPS) is 12.8. The number of amides is 4. The SMILES string of the molecule is CNC(=O)c1ccccc1Nc1nc(Nc2ccc(N3CCN(CCCNC(=O)CCC(=O)n4ncc5cc(F)c(-c6cccc7c6c(C(F)(F)F)nn7CC(=O)NCC(=O)NCC(=O)OC)cc54)CC3)cc2)ncc1Cl. The van der Waals surface area contributed by atoms with Crippen LogP contribution in [-0.2, 0) is 36.6 Å². The average Bonchev–Trinajstić information content (AvgIpc) is 4.04. The summed E-state index contributed by atoms with van der Waals surface area (Å²) in [6, 6.07) is 21.0. The zero-order chi connectivity index (χ0) is 54.8. The smallest absolute Gasteiger partial charge is 0.435 e. The van der Waals surface area contributed by atoms with Crippen LogP contribution in [0.15, 0.2) is 91.3 Å². The van der Waals surface area contributed by atoms with E-state index in [0.29, 0.717) is 36.0 Å². The van der Waals surface area contributed by atoms with Gasteiger partial charge in [-0.1, -0.05) is 35.9 Å². The largest absolute Gasteiger partial charge is 0.468 e. The van der Waals surface area contributed by atoms with Crippen LogP contribution in [0, 0.1) is 5.82 Å². The van der Waals surface area contributed by atoms with Crippen molar-refractivity contribution < 1.29 is 51.1 Å². The maximum absolute atomic E-state index is 15.8. The van der Waals surface area contributed by atoms with Crippen molar-refractivity contribution in [2.75, 3.05) is 82.0 Å². The molecular weight excluding hydrogens is 1030 g/mol. The van der Waals surface area contributed by atoms with Gasteiger partial charge in [-0.25, -0.2) is 14.1 Å². The van der Waals surface area contributed by atoms with Crippen LogP contribution < -0.4 is 36.8 Å². The van der Waals surface area contributed by atoms with Crippen LogP contribution in [0.4, 0.5) is 46.4 Å². The molecule has 4 aromatic carbocycles. The molecule has 402 valence electrons. The molecule has 1 aliphatic heterocycles. The molecule has 1 saturated heterocycles. The zero-order valence-corrected chi connectivity index (χ0v) is 42.2. The van der Waals surface area contributed by atoms with Gasteiger partial charge in [-0.05, 0) is 73.1 Å². The van der Waals surface area contributed by atoms with Crippen LogP contribution in [0.2, 0.25) is 5.02 Å². The highest BCUT2D eigenvalue weighted by atomic mass is 35.5. The number of carbonyl (C=O) groups is 6. The minimum atomic E-state index is -5.05. The van der Waals surface area contributed by atoms with Crippen LogP contribution >= 0.6 is 11.6 Å². The molecular formula is C51H51ClF4N14O7. The zero-order valence-electron chi connectivity index (χ0n) is 41.5. The number of nitrogens with zero attached hydrogens (tertiary/aromatic N) is 8. The van der Waals surface area contributed by atoms with E-state index < -0.39 is 66.4 Å². The number of nitrogens with one attached hydrogen (secondary N) is 6. The summed E-state index contributed by atoms with van der Waals surface area (Å²) in [7, 11) is 2.67. The highest BCUT2D eigenvalue weighted by molar-refractivity contribution is 6.33. The molecule has 26 heteroatoms. The van der Waals surface area contributed by atoms with E-state index in [1.807, 2.05) is 24.3 Å². The Morgan fingerprint density at radius 2 is 1.55 bits per heavy atom. The second-order valence-corrected chi connectivity index (χ2v) is 17.9. The summed E-state index contributed by atoms with van der Waals surface area (Å²) in [4.78, 5) is 88.1. The second kappa shape index (κ2) is 24.3. The molecule has 0 radical (unpaired) electrons. The molecule has 4 amide bonds. The molecule has 21 nitrogen and oxygen atoms in total. The summed E-state index contributed by atoms with van der Waals surface area (Å²) in [6.45, 7) is 2.47. The number of ether oxygens (including phenoxy) is 1. The first kappa shape index (κ1) is 54.5. The van der Waals surface area contributed by atoms with Gasteiger partial charge in [0.1, 0.15) is 23.9 Å². The number of hydrogen-bond donors (Lipinski definition) is 6. The van der Waals surface area contributed by atoms with Gasteiger partial charge in [-0.15, -0.1) is 0 Å². The Labute approximate surface area is 441 Å². The maximum Gasteiger partial charge on any atom is 0.435 e. The van der Waals surface area contributed by atoms with Crippen molar-refractivity contribution in [1.29, 1.82) is 0 Å². The lowest BCUT2D eigenvalue weighted by molar-refractivity contribution is -0.141. The number of benzene rings is 4. The lowest BCUT2D eigenvalue weighted by Gasteiger charge is -2.36. The fourth-order valence-electron chi connectivity index (χ4n) is 8.53. The lowest BCUT2D eigenvalue weighted by atomic mass is 9.98. The van der Waals surface area contributed by atoms with E-state index >= 15 is 4.39 Å². The molecule has 0 saturated carbocycles. The molecule has 0 bridgehead atoms. The van der Waals surface area contributed by atoms with Crippen molar-refractivity contribution in [1.82, 2.24) is 55.7 Å². The Hall–Kier alpha value is -8.71. The van der Waals surface area contributed by atoms with Crippen molar-refractivity contribution >= 4 is 97.7 Å². The topological polar surface area (TPSA) is 252 Å². The first-order chi connectivity index (χ1) is 37.0. The van der Waals surface area contributed by atoms with E-state index in [-0.39, 0.29) is 57.2 Å². The number of aromatic nitrogens is 6. The highest BCUT2D eigenvalue weighted by Crippen LogP contribution is 2.41. The summed E-state index contributed by atoms with van der Waals surface area (Å²) in [6.07, 6.45) is -2.14. The van der Waals surface area contributed by atoms with Crippen LogP contribution in [0.3, 0.4) is 0 Å². The van der Waals surface area contributed by atoms with Crippen molar-refractivity contribution in [3.8, 4) is 11.1 Å². The van der Waals surface area contributed by atoms with E-state index in [2.05, 4.69) is 66.6 Å². The van der Waals surface area contributed by atoms with Gasteiger partial charge >= 0.3 is 12.1 Å². The van der Waals surface area contributed by atoms with E-state index in [1.54, 1.807) is 31.3 Å². The summed E-state index contributed by atoms with van der Waals surface area (Å²) in [5, 5.41) is 24.0. The van der Waals surface area contributed by atoms with Crippen molar-refractivity contribution in [2.24, 2.45) is 0 Å². The van der Waals surface area contributed by atoms with E-state index in [0.717, 1.165) is 66.6 Å². The van der Waals surface area contributed by atoms with Crippen LogP contribution in [-0.4, -0.2) is 136 Å². The molecule has 3 aromatic heterocycles. The molecule has 1 aliphatic rings. The molecule has 77 heavy (non-hydrogen) atoms. The Morgan fingerprint density at radius 3 is 2.29 bits per heavy atom. The Kier molecular flexibility index (Phi) is 17.2. The first-order valence-corrected chi connectivity index (χ1v) is 24.5. The predicted molar refractivity (Wildman–Crippen MR) is 277 cm³/mol. The number of alkyl halides is 3. The van der Waals surface area contributed by atoms with Crippen molar-refractivity contribution in [2.45, 2.75) is 32.0 Å². The maximum atomic E-state index is 15.8. The number of piperazine rings is 1. The number of para-hydroxylation sites is 1. The second-order valence-electron chi connectivity index (χ2n) is 17.5. The molecule has 4 heterocycles. The molecule has 0 unspecified atom stereocenters. The summed E-state index contributed by atoms with van der Waals surface area (Å²) < 4.78 is 65.6. The quantitative estimate of drug-likeness (QED) is 0.0306. The molecule has 0 atom stereocenters. The van der Waals surface area contributed by atoms with Gasteiger partial charge in [-0.3, -0.25) is 38.3 Å². The standard InChI is InChI=1S/C51H51ClF4N14O7/c1-57-49(76)34-7-3-4-9-38(34)64-48-36(52)26-61-50(65-48)63-31-11-13-32(14-12-31)68-21-19-67(20-22-68)18-6-17-58-41(71)15-16-44(74)70-40-24-35(37(53)23-30(40)25-62-70)33-8-5-10-39-46(33)47(51(54,55)56)66-69(39)29-43(73)59-27-42(72)60-28-45(75)77-2/h3-5,7-14,23-26H,6,15-22,27-29H2,1-2H3,(H,57,76)(H,58,71)(H,59,73)(H,60,72)(H2,61,63,64,65). The van der Waals surface area contributed by atoms with Gasteiger partial charge in [0.05, 0.1) is 48.3 Å². The van der Waals surface area contributed by atoms with E-state index in [1.165, 1.54) is 36.7 Å². The van der Waals surface area contributed by atoms with Crippen LogP contribution in [0.5, 0.6) is 0 Å². The Bertz CT molecular complexity index is 3350. The fraction of sp³-hybridized carbons (Fsp3) is 0.294. The number of esters is 1. The van der Waals surface area contributed by atoms with Gasteiger partial charge < -0.3 is 41.5 Å². The number of anilines is 5. The third-order valence-electron chi connectivity index (χ3n) is 12.4. The predicted octanol–water partition coefficient (Wildman–Crippen LogP) is 5.66. The Balaban J connectivity index is 0.801. The molecule has 0 aliphatic carbocycles. The average molecular weight is 1080 g/mol. The fourth-order valence-corrected chi connectivity index (χ4v) is 8.66. The monoisotopic (exact) mass is 1080 g/mol. The van der Waals surface area contributed by atoms with Crippen LogP contribution in [0.1, 0.15) is 40.1 Å². The van der Waals surface area contributed by atoms with Crippen LogP contribution in [0.25, 0.3) is 32.9 Å². The van der Waals surface area contributed by atoms with E-state index in [4.69, 9.17) is 11.6 Å². The number of halogens is 5. The van der Waals surface area contributed by atoms with Gasteiger partial charge in [0.15, 0.2) is 11.5 Å². The minimum Gasteiger partial charge on any atom is -0.468 e. The van der Waals surface area contributed by atoms with E-state index in [9.17, 15) is 41.9 Å². The summed E-state index contributed by atoms with van der Waals surface area (Å²) in [5.74, 6) is -3.90. The molecule has 1 fully saturated rings. The summed E-state index contributed by atoms with van der Waals surface area (Å²) >= 11 is 6.40. The number of carbonyl (C=O) groups excluding carboxylic acids is 6. The minimum absolute atomic E-state index is 0.0836. The van der Waals surface area contributed by atoms with Crippen molar-refractivity contribution in [3.63, 3.8) is 0 Å². The number of rotatable bonds is 20. The van der Waals surface area contributed by atoms with Gasteiger partial charge in [0.2, 0.25) is 29.6 Å². The first-order valence-electron chi connectivity index (χ1n) is 24.1. The molecule has 7 aromatic rings. The number of hydrogen-bond acceptors (Lipinski definition) is 15.